The van der Waals surface area contributed by atoms with E-state index in [0.29, 0.717) is 21.2 Å². The number of thiophene rings is 1. The van der Waals surface area contributed by atoms with Gasteiger partial charge in [-0.25, -0.2) is 0 Å². The maximum Gasteiger partial charge on any atom is 0.255 e. The van der Waals surface area contributed by atoms with E-state index in [2.05, 4.69) is 5.32 Å². The van der Waals surface area contributed by atoms with Gasteiger partial charge in [-0.15, -0.1) is 11.3 Å². The summed E-state index contributed by atoms with van der Waals surface area (Å²) in [7, 11) is 0. The Labute approximate surface area is 173 Å². The van der Waals surface area contributed by atoms with E-state index in [1.807, 2.05) is 17.9 Å². The van der Waals surface area contributed by atoms with Crippen LogP contribution in [-0.2, 0) is 4.79 Å². The molecule has 0 spiro atoms. The number of hydrogen-bond acceptors (Lipinski definition) is 4. The summed E-state index contributed by atoms with van der Waals surface area (Å²) in [6.07, 6.45) is 3.30. The number of nitrogens with one attached hydrogen (secondary N) is 1. The van der Waals surface area contributed by atoms with Gasteiger partial charge >= 0.3 is 0 Å². The van der Waals surface area contributed by atoms with Gasteiger partial charge in [-0.1, -0.05) is 11.6 Å². The minimum absolute atomic E-state index is 0.0519. The molecule has 1 aliphatic heterocycles. The van der Waals surface area contributed by atoms with Gasteiger partial charge in [0.25, 0.3) is 5.91 Å². The van der Waals surface area contributed by atoms with Crippen molar-refractivity contribution in [3.05, 3.63) is 50.7 Å². The highest BCUT2D eigenvalue weighted by atomic mass is 35.5. The average molecular weight is 419 g/mol. The third-order valence-electron chi connectivity index (χ3n) is 4.72. The maximum atomic E-state index is 12.8. The highest BCUT2D eigenvalue weighted by Crippen LogP contribution is 2.25. The third-order valence-corrected chi connectivity index (χ3v) is 6.00. The SMILES string of the molecule is Cc1ccc(C(=O)CCC(=O)Nc2cc(Cl)ccc2C(=O)N2CCCCC2)s1. The van der Waals surface area contributed by atoms with Crippen LogP contribution in [0.25, 0.3) is 0 Å². The van der Waals surface area contributed by atoms with E-state index in [1.54, 1.807) is 24.3 Å². The Bertz CT molecular complexity index is 888. The van der Waals surface area contributed by atoms with Crippen molar-refractivity contribution in [2.45, 2.75) is 39.0 Å². The third kappa shape index (κ3) is 5.20. The molecule has 0 bridgehead atoms. The standard InChI is InChI=1S/C21H23ClN2O3S/c1-14-5-9-19(28-14)18(25)8-10-20(26)23-17-13-15(22)6-7-16(17)21(27)24-11-3-2-4-12-24/h5-7,9,13H,2-4,8,10-12H2,1H3,(H,23,26). The number of carbonyl (C=O) groups excluding carboxylic acids is 3. The number of ketones is 1. The van der Waals surface area contributed by atoms with Crippen molar-refractivity contribution in [3.8, 4) is 0 Å². The molecule has 0 saturated carbocycles. The van der Waals surface area contributed by atoms with Gasteiger partial charge in [-0.3, -0.25) is 14.4 Å². The molecule has 2 amide bonds. The molecule has 28 heavy (non-hydrogen) atoms. The largest absolute Gasteiger partial charge is 0.339 e. The second-order valence-electron chi connectivity index (χ2n) is 6.92. The number of amides is 2. The molecule has 0 unspecified atom stereocenters. The number of nitrogens with zero attached hydrogens (tertiary/aromatic N) is 1. The van der Waals surface area contributed by atoms with Crippen LogP contribution in [0.4, 0.5) is 5.69 Å². The van der Waals surface area contributed by atoms with Crippen molar-refractivity contribution in [1.29, 1.82) is 0 Å². The molecule has 2 heterocycles. The van der Waals surface area contributed by atoms with Crippen molar-refractivity contribution in [2.24, 2.45) is 0 Å². The van der Waals surface area contributed by atoms with E-state index in [-0.39, 0.29) is 30.4 Å². The van der Waals surface area contributed by atoms with Crippen LogP contribution in [0, 0.1) is 6.92 Å². The number of aryl methyl sites for hydroxylation is 1. The van der Waals surface area contributed by atoms with E-state index < -0.39 is 0 Å². The predicted octanol–water partition coefficient (Wildman–Crippen LogP) is 4.94. The lowest BCUT2D eigenvalue weighted by Gasteiger charge is -2.27. The van der Waals surface area contributed by atoms with Crippen LogP contribution < -0.4 is 5.32 Å². The Balaban J connectivity index is 1.65. The summed E-state index contributed by atoms with van der Waals surface area (Å²) in [5.74, 6) is -0.461. The molecule has 1 aliphatic rings. The molecule has 0 atom stereocenters. The number of rotatable bonds is 6. The molecule has 3 rings (SSSR count). The van der Waals surface area contributed by atoms with Gasteiger partial charge in [0.1, 0.15) is 0 Å². The first-order valence-corrected chi connectivity index (χ1v) is 10.6. The zero-order valence-corrected chi connectivity index (χ0v) is 17.4. The van der Waals surface area contributed by atoms with Crippen LogP contribution in [0.5, 0.6) is 0 Å². The molecule has 1 aromatic carbocycles. The lowest BCUT2D eigenvalue weighted by atomic mass is 10.1. The number of carbonyl (C=O) groups is 3. The van der Waals surface area contributed by atoms with E-state index in [0.717, 1.165) is 37.2 Å². The highest BCUT2D eigenvalue weighted by Gasteiger charge is 2.22. The fraction of sp³-hybridized carbons (Fsp3) is 0.381. The number of piperidine rings is 1. The van der Waals surface area contributed by atoms with Crippen molar-refractivity contribution in [2.75, 3.05) is 18.4 Å². The highest BCUT2D eigenvalue weighted by molar-refractivity contribution is 7.14. The van der Waals surface area contributed by atoms with Crippen molar-refractivity contribution < 1.29 is 14.4 Å². The number of Topliss-reactive ketones (excluding diaryl/α,β-unsaturated/α-hetero) is 1. The summed E-state index contributed by atoms with van der Waals surface area (Å²) in [5.41, 5.74) is 0.826. The first kappa shape index (κ1) is 20.6. The smallest absolute Gasteiger partial charge is 0.255 e. The number of anilines is 1. The first-order chi connectivity index (χ1) is 13.4. The lowest BCUT2D eigenvalue weighted by Crippen LogP contribution is -2.36. The molecule has 5 nitrogen and oxygen atoms in total. The number of halogens is 1. The van der Waals surface area contributed by atoms with Crippen LogP contribution in [0.1, 0.15) is 57.0 Å². The molecule has 2 aromatic rings. The molecule has 1 fully saturated rings. The van der Waals surface area contributed by atoms with Crippen molar-refractivity contribution in [3.63, 3.8) is 0 Å². The number of hydrogen-bond donors (Lipinski definition) is 1. The van der Waals surface area contributed by atoms with Gasteiger partial charge in [0.05, 0.1) is 16.1 Å². The average Bonchev–Trinajstić information content (AvgIpc) is 3.13. The molecule has 7 heteroatoms. The van der Waals surface area contributed by atoms with Gasteiger partial charge in [-0.2, -0.15) is 0 Å². The Hall–Kier alpha value is -2.18. The Kier molecular flexibility index (Phi) is 6.86. The molecular formula is C21H23ClN2O3S. The van der Waals surface area contributed by atoms with Crippen LogP contribution in [-0.4, -0.2) is 35.6 Å². The summed E-state index contributed by atoms with van der Waals surface area (Å²) >= 11 is 7.50. The summed E-state index contributed by atoms with van der Waals surface area (Å²) in [6, 6.07) is 8.56. The van der Waals surface area contributed by atoms with Gasteiger partial charge in [0.2, 0.25) is 5.91 Å². The fourth-order valence-corrected chi connectivity index (χ4v) is 4.23. The Morgan fingerprint density at radius 2 is 1.82 bits per heavy atom. The Morgan fingerprint density at radius 1 is 1.07 bits per heavy atom. The summed E-state index contributed by atoms with van der Waals surface area (Å²) in [5, 5.41) is 3.20. The van der Waals surface area contributed by atoms with Crippen LogP contribution in [0.2, 0.25) is 5.02 Å². The van der Waals surface area contributed by atoms with Gasteiger partial charge in [0, 0.05) is 35.8 Å². The van der Waals surface area contributed by atoms with Crippen LogP contribution in [0.15, 0.2) is 30.3 Å². The zero-order valence-electron chi connectivity index (χ0n) is 15.8. The maximum absolute atomic E-state index is 12.8. The van der Waals surface area contributed by atoms with E-state index >= 15 is 0 Å². The second-order valence-corrected chi connectivity index (χ2v) is 8.65. The minimum Gasteiger partial charge on any atom is -0.339 e. The summed E-state index contributed by atoms with van der Waals surface area (Å²) in [4.78, 5) is 41.0. The molecule has 1 N–H and O–H groups in total. The normalized spacial score (nSPS) is 14.0. The number of likely N-dealkylation sites (tertiary alicyclic amines) is 1. The molecule has 1 aromatic heterocycles. The number of benzene rings is 1. The van der Waals surface area contributed by atoms with E-state index in [9.17, 15) is 14.4 Å². The molecule has 0 aliphatic carbocycles. The molecule has 148 valence electrons. The molecule has 0 radical (unpaired) electrons. The van der Waals surface area contributed by atoms with Gasteiger partial charge in [-0.05, 0) is 56.5 Å². The second kappa shape index (κ2) is 9.34. The molecular weight excluding hydrogens is 396 g/mol. The topological polar surface area (TPSA) is 66.5 Å². The molecule has 1 saturated heterocycles. The van der Waals surface area contributed by atoms with Gasteiger partial charge < -0.3 is 10.2 Å². The zero-order chi connectivity index (χ0) is 20.1. The predicted molar refractivity (Wildman–Crippen MR) is 112 cm³/mol. The van der Waals surface area contributed by atoms with Crippen molar-refractivity contribution in [1.82, 2.24) is 4.90 Å². The quantitative estimate of drug-likeness (QED) is 0.676. The van der Waals surface area contributed by atoms with E-state index in [1.165, 1.54) is 11.3 Å². The van der Waals surface area contributed by atoms with Crippen molar-refractivity contribution >= 4 is 46.2 Å². The van der Waals surface area contributed by atoms with Gasteiger partial charge in [0.15, 0.2) is 5.78 Å². The monoisotopic (exact) mass is 418 g/mol. The lowest BCUT2D eigenvalue weighted by molar-refractivity contribution is -0.116. The van der Waals surface area contributed by atoms with Crippen LogP contribution in [0.3, 0.4) is 0 Å². The summed E-state index contributed by atoms with van der Waals surface area (Å²) in [6.45, 7) is 3.39. The minimum atomic E-state index is -0.309. The first-order valence-electron chi connectivity index (χ1n) is 9.42. The van der Waals surface area contributed by atoms with Crippen LogP contribution >= 0.6 is 22.9 Å². The fourth-order valence-electron chi connectivity index (χ4n) is 3.22. The summed E-state index contributed by atoms with van der Waals surface area (Å²) < 4.78 is 0. The Morgan fingerprint density at radius 3 is 2.50 bits per heavy atom. The van der Waals surface area contributed by atoms with E-state index in [4.69, 9.17) is 11.6 Å².